The molecule has 3 saturated carbocycles. The van der Waals surface area contributed by atoms with E-state index in [9.17, 15) is 14.7 Å². The minimum Gasteiger partial charge on any atom is -0.480 e. The van der Waals surface area contributed by atoms with Crippen LogP contribution < -0.4 is 5.32 Å². The number of carboxylic acids is 1. The zero-order valence-corrected chi connectivity index (χ0v) is 12.5. The molecule has 2 atom stereocenters. The van der Waals surface area contributed by atoms with Crippen LogP contribution in [0.3, 0.4) is 0 Å². The number of nitrogens with one attached hydrogen (secondary N) is 1. The molecule has 3 aliphatic carbocycles. The Labute approximate surface area is 120 Å². The van der Waals surface area contributed by atoms with Gasteiger partial charge in [0.15, 0.2) is 0 Å². The van der Waals surface area contributed by atoms with Crippen molar-refractivity contribution in [2.24, 2.45) is 17.8 Å². The summed E-state index contributed by atoms with van der Waals surface area (Å²) in [5.41, 5.74) is -0.612. The standard InChI is InChI=1S/C15H25NO4/c1-15(2,3)20-14(19)16-12(13(17)18)11-8-9-4-6-10(11)7-5-9/h9-12H,4-8H2,1-3H3,(H,16,19)(H,17,18). The number of carboxylic acid groups (broad SMARTS) is 1. The van der Waals surface area contributed by atoms with Gasteiger partial charge in [-0.3, -0.25) is 0 Å². The normalized spacial score (nSPS) is 30.6. The van der Waals surface area contributed by atoms with Crippen LogP contribution in [-0.4, -0.2) is 28.8 Å². The van der Waals surface area contributed by atoms with Gasteiger partial charge in [0.05, 0.1) is 0 Å². The van der Waals surface area contributed by atoms with Gasteiger partial charge in [-0.1, -0.05) is 12.8 Å². The molecule has 20 heavy (non-hydrogen) atoms. The van der Waals surface area contributed by atoms with E-state index < -0.39 is 23.7 Å². The molecule has 0 aromatic carbocycles. The fraction of sp³-hybridized carbons (Fsp3) is 0.867. The first-order valence-corrected chi connectivity index (χ1v) is 7.48. The summed E-state index contributed by atoms with van der Waals surface area (Å²) in [4.78, 5) is 23.3. The molecule has 2 N–H and O–H groups in total. The van der Waals surface area contributed by atoms with E-state index in [4.69, 9.17) is 4.74 Å². The van der Waals surface area contributed by atoms with E-state index in [0.29, 0.717) is 11.8 Å². The smallest absolute Gasteiger partial charge is 0.408 e. The van der Waals surface area contributed by atoms with Crippen LogP contribution in [-0.2, 0) is 9.53 Å². The van der Waals surface area contributed by atoms with Crippen LogP contribution >= 0.6 is 0 Å². The molecule has 0 aromatic heterocycles. The predicted octanol–water partition coefficient (Wildman–Crippen LogP) is 2.79. The van der Waals surface area contributed by atoms with E-state index in [1.54, 1.807) is 20.8 Å². The summed E-state index contributed by atoms with van der Waals surface area (Å²) in [6.45, 7) is 5.31. The molecular formula is C15H25NO4. The number of hydrogen-bond acceptors (Lipinski definition) is 3. The zero-order valence-electron chi connectivity index (χ0n) is 12.5. The van der Waals surface area contributed by atoms with Crippen LogP contribution in [0.4, 0.5) is 4.79 Å². The molecule has 5 nitrogen and oxygen atoms in total. The highest BCUT2D eigenvalue weighted by molar-refractivity contribution is 5.80. The molecule has 3 fully saturated rings. The maximum atomic E-state index is 11.8. The summed E-state index contributed by atoms with van der Waals surface area (Å²) in [6.07, 6.45) is 4.88. The van der Waals surface area contributed by atoms with E-state index in [-0.39, 0.29) is 5.92 Å². The van der Waals surface area contributed by atoms with Crippen LogP contribution in [0.25, 0.3) is 0 Å². The first-order chi connectivity index (χ1) is 9.26. The van der Waals surface area contributed by atoms with E-state index in [1.165, 1.54) is 12.8 Å². The van der Waals surface area contributed by atoms with E-state index in [2.05, 4.69) is 5.32 Å². The third-order valence-electron chi connectivity index (χ3n) is 4.47. The number of hydrogen-bond donors (Lipinski definition) is 2. The Morgan fingerprint density at radius 1 is 1.20 bits per heavy atom. The average molecular weight is 283 g/mol. The molecule has 3 rings (SSSR count). The summed E-state index contributed by atoms with van der Waals surface area (Å²) in [5.74, 6) is 0.157. The van der Waals surface area contributed by atoms with Crippen LogP contribution in [0, 0.1) is 17.8 Å². The molecule has 3 aliphatic rings. The quantitative estimate of drug-likeness (QED) is 0.835. The van der Waals surface area contributed by atoms with Gasteiger partial charge in [0, 0.05) is 0 Å². The fourth-order valence-electron chi connectivity index (χ4n) is 3.62. The summed E-state index contributed by atoms with van der Waals surface area (Å²) >= 11 is 0. The molecule has 1 amide bonds. The van der Waals surface area contributed by atoms with Crippen molar-refractivity contribution in [2.75, 3.05) is 0 Å². The monoisotopic (exact) mass is 283 g/mol. The van der Waals surface area contributed by atoms with Gasteiger partial charge in [-0.2, -0.15) is 0 Å². The number of amides is 1. The molecule has 0 saturated heterocycles. The summed E-state index contributed by atoms with van der Waals surface area (Å²) in [5, 5.41) is 12.0. The van der Waals surface area contributed by atoms with Crippen molar-refractivity contribution >= 4 is 12.1 Å². The molecule has 114 valence electrons. The summed E-state index contributed by atoms with van der Waals surface area (Å²) < 4.78 is 5.18. The SMILES string of the molecule is CC(C)(C)OC(=O)NC(C(=O)O)C1CC2CCC1CC2. The highest BCUT2D eigenvalue weighted by atomic mass is 16.6. The van der Waals surface area contributed by atoms with E-state index in [0.717, 1.165) is 19.3 Å². The molecule has 0 radical (unpaired) electrons. The van der Waals surface area contributed by atoms with Gasteiger partial charge in [-0.15, -0.1) is 0 Å². The van der Waals surface area contributed by atoms with Gasteiger partial charge in [-0.25, -0.2) is 9.59 Å². The third kappa shape index (κ3) is 3.64. The van der Waals surface area contributed by atoms with E-state index >= 15 is 0 Å². The second-order valence-corrected chi connectivity index (χ2v) is 7.14. The lowest BCUT2D eigenvalue weighted by Gasteiger charge is -2.44. The van der Waals surface area contributed by atoms with Crippen molar-refractivity contribution in [3.8, 4) is 0 Å². The number of alkyl carbamates (subject to hydrolysis) is 1. The van der Waals surface area contributed by atoms with Gasteiger partial charge in [0.2, 0.25) is 0 Å². The molecule has 0 aliphatic heterocycles. The second-order valence-electron chi connectivity index (χ2n) is 7.14. The summed E-state index contributed by atoms with van der Waals surface area (Å²) in [7, 11) is 0. The number of carbonyl (C=O) groups is 2. The average Bonchev–Trinajstić information content (AvgIpc) is 2.35. The lowest BCUT2D eigenvalue weighted by molar-refractivity contribution is -0.143. The van der Waals surface area contributed by atoms with E-state index in [1.807, 2.05) is 0 Å². The Morgan fingerprint density at radius 2 is 1.80 bits per heavy atom. The Bertz CT molecular complexity index is 380. The molecule has 5 heteroatoms. The maximum absolute atomic E-state index is 11.8. The number of fused-ring (bicyclic) bond motifs is 3. The second kappa shape index (κ2) is 5.62. The number of aliphatic carboxylic acids is 1. The van der Waals surface area contributed by atoms with Gasteiger partial charge in [0.25, 0.3) is 0 Å². The lowest BCUT2D eigenvalue weighted by atomic mass is 9.62. The largest absolute Gasteiger partial charge is 0.480 e. The molecule has 0 heterocycles. The first kappa shape index (κ1) is 15.1. The molecule has 0 spiro atoms. The highest BCUT2D eigenvalue weighted by Gasteiger charge is 2.43. The van der Waals surface area contributed by atoms with Crippen molar-refractivity contribution in [1.29, 1.82) is 0 Å². The number of ether oxygens (including phenoxy) is 1. The van der Waals surface area contributed by atoms with Gasteiger partial charge in [-0.05, 0) is 57.8 Å². The molecule has 0 aromatic rings. The fourth-order valence-corrected chi connectivity index (χ4v) is 3.62. The van der Waals surface area contributed by atoms with Crippen LogP contribution in [0.15, 0.2) is 0 Å². The van der Waals surface area contributed by atoms with Crippen LogP contribution in [0.2, 0.25) is 0 Å². The Balaban J connectivity index is 2.01. The zero-order chi connectivity index (χ0) is 14.9. The van der Waals surface area contributed by atoms with Crippen LogP contribution in [0.5, 0.6) is 0 Å². The minimum absolute atomic E-state index is 0.0486. The number of rotatable bonds is 3. The molecule has 2 bridgehead atoms. The Morgan fingerprint density at radius 3 is 2.20 bits per heavy atom. The topological polar surface area (TPSA) is 75.6 Å². The third-order valence-corrected chi connectivity index (χ3v) is 4.47. The van der Waals surface area contributed by atoms with Gasteiger partial charge in [0.1, 0.15) is 11.6 Å². The molecular weight excluding hydrogens is 258 g/mol. The Kier molecular flexibility index (Phi) is 4.25. The van der Waals surface area contributed by atoms with Crippen molar-refractivity contribution in [3.05, 3.63) is 0 Å². The van der Waals surface area contributed by atoms with Crippen molar-refractivity contribution in [1.82, 2.24) is 5.32 Å². The minimum atomic E-state index is -0.951. The lowest BCUT2D eigenvalue weighted by Crippen LogP contribution is -2.52. The maximum Gasteiger partial charge on any atom is 0.408 e. The van der Waals surface area contributed by atoms with Crippen molar-refractivity contribution in [3.63, 3.8) is 0 Å². The number of carbonyl (C=O) groups excluding carboxylic acids is 1. The molecule has 2 unspecified atom stereocenters. The highest BCUT2D eigenvalue weighted by Crippen LogP contribution is 2.46. The van der Waals surface area contributed by atoms with Gasteiger partial charge < -0.3 is 15.2 Å². The van der Waals surface area contributed by atoms with Gasteiger partial charge >= 0.3 is 12.1 Å². The summed E-state index contributed by atoms with van der Waals surface area (Å²) in [6, 6.07) is -0.821. The predicted molar refractivity (Wildman–Crippen MR) is 74.3 cm³/mol. The van der Waals surface area contributed by atoms with Crippen LogP contribution in [0.1, 0.15) is 52.9 Å². The van der Waals surface area contributed by atoms with Crippen molar-refractivity contribution < 1.29 is 19.4 Å². The Hall–Kier alpha value is -1.26. The first-order valence-electron chi connectivity index (χ1n) is 7.48. The van der Waals surface area contributed by atoms with Crippen molar-refractivity contribution in [2.45, 2.75) is 64.5 Å².